The third-order valence-electron chi connectivity index (χ3n) is 42.3. The minimum absolute atomic E-state index is 0.0593. The summed E-state index contributed by atoms with van der Waals surface area (Å²) < 4.78 is 77.1. The molecule has 18 atom stereocenters. The molecule has 3 spiro atoms. The Kier molecular flexibility index (Phi) is 39.9. The van der Waals surface area contributed by atoms with Crippen LogP contribution < -0.4 is 10.6 Å². The second-order valence-electron chi connectivity index (χ2n) is 63.7. The number of rotatable bonds is 27. The van der Waals surface area contributed by atoms with Gasteiger partial charge < -0.3 is 45.3 Å². The van der Waals surface area contributed by atoms with Gasteiger partial charge in [-0.2, -0.15) is 0 Å². The maximum atomic E-state index is 14.8. The summed E-state index contributed by atoms with van der Waals surface area (Å²) in [4.78, 5) is 12.2. The summed E-state index contributed by atoms with van der Waals surface area (Å²) in [5, 5.41) is 2.63. The first-order chi connectivity index (χ1) is 68.5. The van der Waals surface area contributed by atoms with Crippen LogP contribution >= 0.6 is 7.14 Å². The molecule has 0 aromatic heterocycles. The summed E-state index contributed by atoms with van der Waals surface area (Å²) in [6.45, 7) is 109. The van der Waals surface area contributed by atoms with Crippen LogP contribution in [0.3, 0.4) is 0 Å². The van der Waals surface area contributed by atoms with Gasteiger partial charge in [0.2, 0.25) is 0 Å². The molecular weight excluding hydrogens is 1960 g/mol. The van der Waals surface area contributed by atoms with Crippen LogP contribution in [0.4, 0.5) is 0 Å². The lowest BCUT2D eigenvalue weighted by Crippen LogP contribution is -2.57. The zero-order valence-electron chi connectivity index (χ0n) is 105. The Morgan fingerprint density at radius 2 is 0.573 bits per heavy atom. The molecule has 0 radical (unpaired) electrons. The van der Waals surface area contributed by atoms with Gasteiger partial charge in [0.1, 0.15) is 29.7 Å². The Balaban J connectivity index is 0.000000196. The van der Waals surface area contributed by atoms with Crippen LogP contribution in [0.15, 0.2) is 155 Å². The van der Waals surface area contributed by atoms with Crippen molar-refractivity contribution in [2.75, 3.05) is 26.0 Å². The average Bonchev–Trinajstić information content (AvgIpc) is 1.57. The Morgan fingerprint density at radius 3 is 0.813 bits per heavy atom. The topological polar surface area (TPSA) is 127 Å². The Hall–Kier alpha value is -2.80. The van der Waals surface area contributed by atoms with E-state index in [4.69, 9.17) is 40.8 Å². The van der Waals surface area contributed by atoms with E-state index >= 15 is 0 Å². The van der Waals surface area contributed by atoms with Crippen molar-refractivity contribution in [1.82, 2.24) is 0 Å². The van der Waals surface area contributed by atoms with E-state index in [0.717, 1.165) is 113 Å². The van der Waals surface area contributed by atoms with E-state index < -0.39 is 57.0 Å². The zero-order chi connectivity index (χ0) is 112. The third-order valence-corrected chi connectivity index (χ3v) is 72.2. The summed E-state index contributed by atoms with van der Waals surface area (Å²) in [5.74, 6) is 6.50. The second-order valence-corrected chi connectivity index (χ2v) is 95.1. The molecule has 850 valence electrons. The van der Waals surface area contributed by atoms with E-state index in [2.05, 4.69) is 374 Å². The highest BCUT2D eigenvalue weighted by molar-refractivity contribution is 7.78. The fraction of sp³-hybridized carbons (Fsp3) is 0.780. The quantitative estimate of drug-likeness (QED) is 0.0367. The summed E-state index contributed by atoms with van der Waals surface area (Å²) in [7, 11) is -14.9. The fourth-order valence-electron chi connectivity index (χ4n) is 26.0. The van der Waals surface area contributed by atoms with Gasteiger partial charge in [-0.15, -0.1) is 0 Å². The molecule has 14 rings (SSSR count). The van der Waals surface area contributed by atoms with Crippen molar-refractivity contribution in [1.29, 1.82) is 0 Å². The number of carbonyl (C=O) groups excluding carboxylic acids is 1. The first-order valence-electron chi connectivity index (χ1n) is 60.2. The number of Topliss-reactive ketones (excluding diaryl/α,β-unsaturated/α-hetero) is 1. The number of ketones is 1. The van der Waals surface area contributed by atoms with Gasteiger partial charge in [0, 0.05) is 29.1 Å². The summed E-state index contributed by atoms with van der Waals surface area (Å²) >= 11 is 0. The van der Waals surface area contributed by atoms with Gasteiger partial charge >= 0.3 is 0 Å². The predicted molar refractivity (Wildman–Crippen MR) is 658 cm³/mol. The highest BCUT2D eigenvalue weighted by Gasteiger charge is 2.68. The van der Waals surface area contributed by atoms with Crippen molar-refractivity contribution in [3.05, 3.63) is 155 Å². The van der Waals surface area contributed by atoms with Crippen LogP contribution in [-0.2, 0) is 50.1 Å². The Bertz CT molecular complexity index is 4770. The molecule has 3 saturated heterocycles. The van der Waals surface area contributed by atoms with Crippen LogP contribution in [0.25, 0.3) is 0 Å². The fourth-order valence-corrected chi connectivity index (χ4v) is 36.6. The smallest absolute Gasteiger partial charge is 0.192 e. The average molecular weight is 2190 g/mol. The van der Waals surface area contributed by atoms with Crippen LogP contribution in [0.1, 0.15) is 383 Å². The standard InChI is InChI=1S/2C40H72O3Si2.C33H51O4PSi2.C19H32O/c2*1-29(18-16-24-36(2,3)4)32-22-23-33-31(19-17-25-39(32,33)11)21-20-30-26-34(42-44(12,13)37(5,6)7)40(28-41-40)35(27-30)43-45(14,15)38(8,9)10;1-31(2,3)39(7,8)36-29-23-26(24-30(33(29)25-35-33)37-40(9,10)32(4,5)6)21-22-38(34,27-17-13-11-14-18-27)28-19-15-12-16-20-28;1-14(8-6-12-18(2,3)4)15-10-11-16-17(20)9-7-13-19(15,16)5/h2*16,18,20-21,29,32-35H,17,19,22-28H2,1-15H3;11-21,29-30H,22-25H2,1-10H3;6,8,14-16H,7,9-13H2,1-5H3/b2*18-16+,30-20?,31-21+;;8-6+/t2*29-,32?,33?,34-,35-,39?,40?;29-,30-,33?;14-,15?,16?,19?/m1111/s1. The van der Waals surface area contributed by atoms with Gasteiger partial charge in [0.05, 0.1) is 56.4 Å². The van der Waals surface area contributed by atoms with E-state index in [1.807, 2.05) is 60.7 Å². The number of epoxide rings is 3. The van der Waals surface area contributed by atoms with E-state index in [9.17, 15) is 9.36 Å². The lowest BCUT2D eigenvalue weighted by molar-refractivity contribution is -0.129. The molecule has 0 bridgehead atoms. The molecule has 18 heteroatoms. The van der Waals surface area contributed by atoms with Gasteiger partial charge in [0.15, 0.2) is 49.9 Å². The van der Waals surface area contributed by atoms with Crippen LogP contribution in [0.5, 0.6) is 0 Å². The summed E-state index contributed by atoms with van der Waals surface area (Å²) in [6.07, 6.45) is 55.7. The number of fused-ring (bicyclic) bond motifs is 3. The minimum atomic E-state index is -2.85. The second kappa shape index (κ2) is 47.0. The first-order valence-corrected chi connectivity index (χ1v) is 79.5. The largest absolute Gasteiger partial charge is 0.410 e. The van der Waals surface area contributed by atoms with Crippen LogP contribution in [-0.4, -0.2) is 135 Å². The molecule has 150 heavy (non-hydrogen) atoms. The van der Waals surface area contributed by atoms with Gasteiger partial charge in [0.25, 0.3) is 0 Å². The number of benzene rings is 2. The number of ether oxygens (including phenoxy) is 3. The molecule has 0 amide bonds. The van der Waals surface area contributed by atoms with Crippen molar-refractivity contribution in [2.24, 2.45) is 85.8 Å². The van der Waals surface area contributed by atoms with Gasteiger partial charge in [-0.1, -0.05) is 384 Å². The molecule has 2 aromatic rings. The SMILES string of the molecule is CC(C)(C)[Si](C)(C)O[C@@H]1CC(=CCP(=O)(c2ccccc2)c2ccccc2)C[C@@H](O[Si](C)(C)C(C)(C)C)C12CO2.C[C@H](/C=C/CC(C)(C)C)C1CCC2/C(=C/C=C3C[C@@H](O[Si](C)(C)C(C)(C)C)C4(CO4)[C@H](O[Si](C)(C)C(C)(C)C)C3)CCCC21C.C[C@H](/C=C/CC(C)(C)C)C1CCC2/C(=C/C=C3C[C@@H](O[Si](C)(C)C(C)(C)C)C4(CO4)[C@H](O[Si](C)(C)C(C)(C)C)C3)CCCC21C.C[C@H](/C=C/CC(C)(C)C)C1CCC2C(=O)CCCC21C. The lowest BCUT2D eigenvalue weighted by atomic mass is 9.61. The lowest BCUT2D eigenvalue weighted by Gasteiger charge is -2.48. The molecule has 12 aliphatic rings. The van der Waals surface area contributed by atoms with E-state index in [1.165, 1.54) is 93.8 Å². The van der Waals surface area contributed by atoms with Crippen LogP contribution in [0.2, 0.25) is 109 Å². The molecule has 9 unspecified atom stereocenters. The highest BCUT2D eigenvalue weighted by Crippen LogP contribution is 2.65. The monoisotopic (exact) mass is 2190 g/mol. The molecule has 11 nitrogen and oxygen atoms in total. The predicted octanol–water partition coefficient (Wildman–Crippen LogP) is 37.7. The normalized spacial score (nSPS) is 32.3. The van der Waals surface area contributed by atoms with Crippen molar-refractivity contribution in [3.63, 3.8) is 0 Å². The molecule has 0 N–H and O–H groups in total. The van der Waals surface area contributed by atoms with Gasteiger partial charge in [-0.25, -0.2) is 0 Å². The highest BCUT2D eigenvalue weighted by atomic mass is 31.2. The number of hydrogen-bond donors (Lipinski definition) is 0. The van der Waals surface area contributed by atoms with Crippen molar-refractivity contribution in [3.8, 4) is 0 Å². The van der Waals surface area contributed by atoms with Gasteiger partial charge in [-0.05, 0) is 336 Å². The van der Waals surface area contributed by atoms with Crippen LogP contribution in [0, 0.1) is 85.8 Å². The third kappa shape index (κ3) is 30.0. The molecule has 3 heterocycles. The van der Waals surface area contributed by atoms with E-state index in [0.29, 0.717) is 87.1 Å². The molecule has 2 aromatic carbocycles. The van der Waals surface area contributed by atoms with E-state index in [-0.39, 0.29) is 89.1 Å². The van der Waals surface area contributed by atoms with Crippen molar-refractivity contribution in [2.45, 2.75) is 545 Å². The number of carbonyl (C=O) groups is 1. The number of allylic oxidation sites excluding steroid dienone is 13. The Morgan fingerprint density at radius 1 is 0.340 bits per heavy atom. The van der Waals surface area contributed by atoms with Gasteiger partial charge in [-0.3, -0.25) is 4.79 Å². The first kappa shape index (κ1) is 127. The van der Waals surface area contributed by atoms with Crippen molar-refractivity contribution < 1.29 is 50.1 Å². The van der Waals surface area contributed by atoms with Crippen molar-refractivity contribution >= 4 is 73.4 Å². The molecule has 3 aliphatic heterocycles. The van der Waals surface area contributed by atoms with E-state index in [1.54, 1.807) is 11.1 Å². The molecule has 9 aliphatic carbocycles. The minimum Gasteiger partial charge on any atom is -0.410 e. The molecule has 9 saturated carbocycles. The maximum absolute atomic E-state index is 14.8. The number of hydrogen-bond acceptors (Lipinski definition) is 11. The maximum Gasteiger partial charge on any atom is 0.192 e. The summed E-state index contributed by atoms with van der Waals surface area (Å²) in [5.41, 5.74) is 8.93. The molecule has 12 fully saturated rings. The summed E-state index contributed by atoms with van der Waals surface area (Å²) in [6, 6.07) is 19.9. The zero-order valence-corrected chi connectivity index (χ0v) is 112. The molecular formula is C132H227O11PSi6. The Labute approximate surface area is 928 Å².